The lowest BCUT2D eigenvalue weighted by Crippen LogP contribution is -2.32. The van der Waals surface area contributed by atoms with E-state index in [2.05, 4.69) is 15.4 Å². The fourth-order valence-electron chi connectivity index (χ4n) is 3.41. The van der Waals surface area contributed by atoms with Crippen molar-refractivity contribution < 1.29 is 27.5 Å². The molecule has 0 radical (unpaired) electrons. The van der Waals surface area contributed by atoms with Gasteiger partial charge in [0, 0.05) is 17.1 Å². The molecule has 10 heteroatoms. The van der Waals surface area contributed by atoms with Crippen LogP contribution in [0.2, 0.25) is 0 Å². The summed E-state index contributed by atoms with van der Waals surface area (Å²) >= 11 is 0. The normalized spacial score (nSPS) is 14.7. The smallest absolute Gasteiger partial charge is 0.292 e. The van der Waals surface area contributed by atoms with Crippen LogP contribution < -0.4 is 20.1 Å². The van der Waals surface area contributed by atoms with Crippen molar-refractivity contribution in [3.05, 3.63) is 78.4 Å². The number of Topliss-reactive ketones (excluding diaryl/α,β-unsaturated/α-hetero) is 1. The minimum atomic E-state index is -3.97. The molecule has 0 unspecified atom stereocenters. The summed E-state index contributed by atoms with van der Waals surface area (Å²) in [4.78, 5) is 37.3. The Hall–Kier alpha value is -4.18. The second kappa shape index (κ2) is 8.75. The van der Waals surface area contributed by atoms with Crippen LogP contribution >= 0.6 is 0 Å². The summed E-state index contributed by atoms with van der Waals surface area (Å²) in [6, 6.07) is 18.4. The average molecular weight is 465 g/mol. The number of carbonyl (C=O) groups is 3. The lowest BCUT2D eigenvalue weighted by molar-refractivity contribution is -0.138. The maximum atomic E-state index is 12.7. The van der Waals surface area contributed by atoms with Gasteiger partial charge in [-0.05, 0) is 54.1 Å². The van der Waals surface area contributed by atoms with E-state index in [0.717, 1.165) is 0 Å². The first-order valence-electron chi connectivity index (χ1n) is 9.80. The number of rotatable bonds is 7. The van der Waals surface area contributed by atoms with Gasteiger partial charge in [0.05, 0.1) is 12.0 Å². The number of fused-ring (bicyclic) bond motifs is 1. The van der Waals surface area contributed by atoms with Crippen molar-refractivity contribution >= 4 is 44.7 Å². The number of nitrogens with one attached hydrogen (secondary N) is 3. The van der Waals surface area contributed by atoms with E-state index < -0.39 is 33.5 Å². The van der Waals surface area contributed by atoms with Gasteiger partial charge in [0.2, 0.25) is 11.7 Å². The molecule has 1 aliphatic rings. The quantitative estimate of drug-likeness (QED) is 0.363. The molecule has 168 valence electrons. The third-order valence-electron chi connectivity index (χ3n) is 5.02. The highest BCUT2D eigenvalue weighted by Gasteiger charge is 2.39. The lowest BCUT2D eigenvalue weighted by atomic mass is 9.95. The molecule has 1 aliphatic heterocycles. The molecule has 3 aromatic carbocycles. The molecule has 9 nitrogen and oxygen atoms in total. The minimum absolute atomic E-state index is 0.0950. The molecular weight excluding hydrogens is 446 g/mol. The van der Waals surface area contributed by atoms with Gasteiger partial charge in [-0.1, -0.05) is 24.3 Å². The molecule has 33 heavy (non-hydrogen) atoms. The zero-order valence-electron chi connectivity index (χ0n) is 17.4. The first-order valence-corrected chi connectivity index (χ1v) is 11.3. The van der Waals surface area contributed by atoms with Crippen LogP contribution in [-0.4, -0.2) is 33.1 Å². The van der Waals surface area contributed by atoms with Crippen molar-refractivity contribution in [3.8, 4) is 5.75 Å². The summed E-state index contributed by atoms with van der Waals surface area (Å²) in [5, 5.41) is 4.96. The molecule has 1 heterocycles. The van der Waals surface area contributed by atoms with E-state index in [9.17, 15) is 22.8 Å². The van der Waals surface area contributed by atoms with Crippen molar-refractivity contribution in [1.82, 2.24) is 0 Å². The molecule has 0 fully saturated rings. The number of methoxy groups -OCH3 is 1. The second-order valence-corrected chi connectivity index (χ2v) is 8.87. The maximum absolute atomic E-state index is 12.7. The highest BCUT2D eigenvalue weighted by atomic mass is 32.2. The van der Waals surface area contributed by atoms with Crippen LogP contribution in [0.3, 0.4) is 0 Å². The standard InChI is InChI=1S/C23H19N3O6S/c1-32-16-11-9-14(10-12-16)26-33(30,31)17-6-4-5-15(13-17)24-23(29)21(27)20-18-7-2-3-8-19(18)25-22(20)28/h2-13,20,26H,1H3,(H,24,29)(H,25,28)/t20-/m1/s1. The fourth-order valence-corrected chi connectivity index (χ4v) is 4.51. The van der Waals surface area contributed by atoms with Crippen LogP contribution in [0.1, 0.15) is 11.5 Å². The van der Waals surface area contributed by atoms with Crippen molar-refractivity contribution in [3.63, 3.8) is 0 Å². The Bertz CT molecular complexity index is 1350. The fraction of sp³-hybridized carbons (Fsp3) is 0.0870. The summed E-state index contributed by atoms with van der Waals surface area (Å²) in [5.41, 5.74) is 1.32. The van der Waals surface area contributed by atoms with E-state index in [1.807, 2.05) is 0 Å². The molecule has 3 N–H and O–H groups in total. The zero-order valence-corrected chi connectivity index (χ0v) is 18.2. The van der Waals surface area contributed by atoms with Gasteiger partial charge < -0.3 is 15.4 Å². The van der Waals surface area contributed by atoms with Crippen molar-refractivity contribution in [2.75, 3.05) is 22.5 Å². The molecule has 3 aromatic rings. The Labute approximate surface area is 189 Å². The van der Waals surface area contributed by atoms with Crippen molar-refractivity contribution in [2.24, 2.45) is 0 Å². The van der Waals surface area contributed by atoms with E-state index in [1.165, 1.54) is 31.4 Å². The van der Waals surface area contributed by atoms with E-state index in [-0.39, 0.29) is 10.6 Å². The first-order chi connectivity index (χ1) is 15.8. The van der Waals surface area contributed by atoms with Crippen LogP contribution in [0.25, 0.3) is 0 Å². The van der Waals surface area contributed by atoms with Gasteiger partial charge in [-0.3, -0.25) is 19.1 Å². The molecule has 0 saturated heterocycles. The van der Waals surface area contributed by atoms with E-state index in [4.69, 9.17) is 4.74 Å². The highest BCUT2D eigenvalue weighted by molar-refractivity contribution is 7.92. The van der Waals surface area contributed by atoms with Crippen LogP contribution in [0.5, 0.6) is 5.75 Å². The third kappa shape index (κ3) is 4.55. The Morgan fingerprint density at radius 1 is 0.939 bits per heavy atom. The van der Waals surface area contributed by atoms with Gasteiger partial charge in [-0.25, -0.2) is 8.42 Å². The molecule has 0 aromatic heterocycles. The van der Waals surface area contributed by atoms with Crippen molar-refractivity contribution in [2.45, 2.75) is 10.8 Å². The van der Waals surface area contributed by atoms with Gasteiger partial charge in [-0.15, -0.1) is 0 Å². The first kappa shape index (κ1) is 22.0. The SMILES string of the molecule is COc1ccc(NS(=O)(=O)c2cccc(NC(=O)C(=O)[C@@H]3C(=O)Nc4ccccc43)c2)cc1. The van der Waals surface area contributed by atoms with Crippen LogP contribution in [0.15, 0.2) is 77.7 Å². The molecule has 0 spiro atoms. The summed E-state index contributed by atoms with van der Waals surface area (Å²) in [5.74, 6) is -3.24. The molecule has 0 bridgehead atoms. The molecule has 2 amide bonds. The highest BCUT2D eigenvalue weighted by Crippen LogP contribution is 2.33. The zero-order chi connectivity index (χ0) is 23.6. The molecule has 0 saturated carbocycles. The number of sulfonamides is 1. The minimum Gasteiger partial charge on any atom is -0.497 e. The summed E-state index contributed by atoms with van der Waals surface area (Å²) < 4.78 is 33.0. The summed E-state index contributed by atoms with van der Waals surface area (Å²) in [7, 11) is -2.47. The Balaban J connectivity index is 1.50. The number of benzene rings is 3. The van der Waals surface area contributed by atoms with E-state index >= 15 is 0 Å². The van der Waals surface area contributed by atoms with Gasteiger partial charge in [0.25, 0.3) is 15.9 Å². The number of ether oxygens (including phenoxy) is 1. The largest absolute Gasteiger partial charge is 0.497 e. The molecule has 4 rings (SSSR count). The van der Waals surface area contributed by atoms with Crippen LogP contribution in [0, 0.1) is 0 Å². The van der Waals surface area contributed by atoms with Gasteiger partial charge in [0.1, 0.15) is 11.7 Å². The number of hydrogen-bond donors (Lipinski definition) is 3. The number of para-hydroxylation sites is 1. The topological polar surface area (TPSA) is 131 Å². The van der Waals surface area contributed by atoms with Gasteiger partial charge in [-0.2, -0.15) is 0 Å². The number of hydrogen-bond acceptors (Lipinski definition) is 6. The number of ketones is 1. The summed E-state index contributed by atoms with van der Waals surface area (Å²) in [6.07, 6.45) is 0. The monoisotopic (exact) mass is 465 g/mol. The predicted molar refractivity (Wildman–Crippen MR) is 122 cm³/mol. The molecular formula is C23H19N3O6S. The Kier molecular flexibility index (Phi) is 5.84. The van der Waals surface area contributed by atoms with E-state index in [1.54, 1.807) is 48.5 Å². The van der Waals surface area contributed by atoms with Gasteiger partial charge >= 0.3 is 0 Å². The average Bonchev–Trinajstić information content (AvgIpc) is 3.14. The summed E-state index contributed by atoms with van der Waals surface area (Å²) in [6.45, 7) is 0. The Morgan fingerprint density at radius 2 is 1.67 bits per heavy atom. The molecule has 1 atom stereocenters. The van der Waals surface area contributed by atoms with Crippen molar-refractivity contribution in [1.29, 1.82) is 0 Å². The van der Waals surface area contributed by atoms with Gasteiger partial charge in [0.15, 0.2) is 0 Å². The second-order valence-electron chi connectivity index (χ2n) is 7.19. The van der Waals surface area contributed by atoms with Crippen LogP contribution in [0.4, 0.5) is 17.1 Å². The van der Waals surface area contributed by atoms with Crippen LogP contribution in [-0.2, 0) is 24.4 Å². The Morgan fingerprint density at radius 3 is 2.39 bits per heavy atom. The number of amides is 2. The number of carbonyl (C=O) groups excluding carboxylic acids is 3. The maximum Gasteiger partial charge on any atom is 0.292 e. The lowest BCUT2D eigenvalue weighted by Gasteiger charge is -2.11. The number of anilines is 3. The predicted octanol–water partition coefficient (Wildman–Crippen LogP) is 2.74. The van der Waals surface area contributed by atoms with E-state index in [0.29, 0.717) is 22.7 Å². The third-order valence-corrected chi connectivity index (χ3v) is 6.40. The molecule has 0 aliphatic carbocycles.